The highest BCUT2D eigenvalue weighted by Gasteiger charge is 2.48. The number of ether oxygens (including phenoxy) is 1. The van der Waals surface area contributed by atoms with E-state index in [-0.39, 0.29) is 11.8 Å². The number of benzene rings is 1. The molecule has 8 heteroatoms. The highest BCUT2D eigenvalue weighted by molar-refractivity contribution is 6.32. The van der Waals surface area contributed by atoms with E-state index < -0.39 is 17.7 Å². The molecule has 0 aromatic heterocycles. The minimum absolute atomic E-state index is 0.169. The van der Waals surface area contributed by atoms with Gasteiger partial charge in [0.15, 0.2) is 6.10 Å². The predicted octanol–water partition coefficient (Wildman–Crippen LogP) is 1.62. The monoisotopic (exact) mass is 365 g/mol. The number of amides is 4. The summed E-state index contributed by atoms with van der Waals surface area (Å²) < 4.78 is 5.72. The third-order valence-electron chi connectivity index (χ3n) is 4.68. The van der Waals surface area contributed by atoms with Crippen molar-refractivity contribution in [2.24, 2.45) is 0 Å². The van der Waals surface area contributed by atoms with Crippen LogP contribution in [0.5, 0.6) is 5.75 Å². The first kappa shape index (κ1) is 17.5. The maximum absolute atomic E-state index is 12.6. The molecule has 2 N–H and O–H groups in total. The van der Waals surface area contributed by atoms with Crippen molar-refractivity contribution in [3.8, 4) is 5.75 Å². The van der Waals surface area contributed by atoms with Crippen LogP contribution in [0.3, 0.4) is 0 Å². The Kier molecular flexibility index (Phi) is 4.60. The van der Waals surface area contributed by atoms with Gasteiger partial charge in [0, 0.05) is 13.1 Å². The van der Waals surface area contributed by atoms with Crippen LogP contribution in [-0.4, -0.2) is 47.5 Å². The maximum atomic E-state index is 12.6. The number of halogens is 1. The minimum atomic E-state index is -0.891. The number of carbonyl (C=O) groups is 3. The molecule has 2 fully saturated rings. The lowest BCUT2D eigenvalue weighted by Gasteiger charge is -2.37. The predicted molar refractivity (Wildman–Crippen MR) is 91.5 cm³/mol. The molecule has 0 saturated carbocycles. The number of nitrogens with zero attached hydrogens (tertiary/aromatic N) is 1. The Morgan fingerprint density at radius 1 is 1.32 bits per heavy atom. The zero-order valence-corrected chi connectivity index (χ0v) is 14.9. The smallest absolute Gasteiger partial charge is 0.322 e. The Morgan fingerprint density at radius 3 is 2.60 bits per heavy atom. The van der Waals surface area contributed by atoms with Crippen molar-refractivity contribution in [1.82, 2.24) is 15.5 Å². The second-order valence-electron chi connectivity index (χ2n) is 6.51. The second-order valence-corrected chi connectivity index (χ2v) is 6.92. The summed E-state index contributed by atoms with van der Waals surface area (Å²) in [5.41, 5.74) is 0.0969. The van der Waals surface area contributed by atoms with Gasteiger partial charge < -0.3 is 15.0 Å². The fourth-order valence-electron chi connectivity index (χ4n) is 3.19. The molecule has 2 heterocycles. The second kappa shape index (κ2) is 6.55. The van der Waals surface area contributed by atoms with Crippen LogP contribution in [-0.2, 0) is 9.59 Å². The molecule has 4 amide bonds. The van der Waals surface area contributed by atoms with Crippen LogP contribution in [0.25, 0.3) is 0 Å². The summed E-state index contributed by atoms with van der Waals surface area (Å²) in [6.07, 6.45) is 0.0722. The Bertz CT molecular complexity index is 729. The van der Waals surface area contributed by atoms with Crippen molar-refractivity contribution < 1.29 is 19.1 Å². The van der Waals surface area contributed by atoms with E-state index >= 15 is 0 Å². The van der Waals surface area contributed by atoms with Gasteiger partial charge in [-0.15, -0.1) is 0 Å². The summed E-state index contributed by atoms with van der Waals surface area (Å²) in [6.45, 7) is 4.35. The molecule has 0 bridgehead atoms. The molecular weight excluding hydrogens is 346 g/mol. The van der Waals surface area contributed by atoms with Gasteiger partial charge in [-0.1, -0.05) is 17.7 Å². The molecule has 2 aliphatic heterocycles. The maximum Gasteiger partial charge on any atom is 0.322 e. The number of hydrogen-bond donors (Lipinski definition) is 2. The van der Waals surface area contributed by atoms with Crippen LogP contribution in [0.15, 0.2) is 18.2 Å². The van der Waals surface area contributed by atoms with Gasteiger partial charge in [-0.25, -0.2) is 4.79 Å². The lowest BCUT2D eigenvalue weighted by atomic mass is 9.87. The number of imide groups is 1. The molecule has 1 aromatic rings. The van der Waals surface area contributed by atoms with Crippen LogP contribution in [0.4, 0.5) is 4.79 Å². The summed E-state index contributed by atoms with van der Waals surface area (Å²) in [6, 6.07) is 4.91. The van der Waals surface area contributed by atoms with E-state index in [1.165, 1.54) is 0 Å². The standard InChI is InChI=1S/C17H20ClN3O4/c1-10-3-4-12(18)13(9-10)25-11(2)14(22)21-7-5-17(6-8-21)15(23)19-16(24)20-17/h3-4,9,11H,5-8H2,1-2H3,(H2,19,20,23,24). The van der Waals surface area contributed by atoms with Gasteiger partial charge in [-0.3, -0.25) is 14.9 Å². The fraction of sp³-hybridized carbons (Fsp3) is 0.471. The Morgan fingerprint density at radius 2 is 2.00 bits per heavy atom. The Labute approximate surface area is 150 Å². The molecule has 7 nitrogen and oxygen atoms in total. The number of urea groups is 1. The van der Waals surface area contributed by atoms with Gasteiger partial charge in [0.1, 0.15) is 11.3 Å². The van der Waals surface area contributed by atoms with Gasteiger partial charge in [0.05, 0.1) is 5.02 Å². The van der Waals surface area contributed by atoms with Crippen LogP contribution < -0.4 is 15.4 Å². The fourth-order valence-corrected chi connectivity index (χ4v) is 3.35. The van der Waals surface area contributed by atoms with E-state index in [1.807, 2.05) is 13.0 Å². The summed E-state index contributed by atoms with van der Waals surface area (Å²) in [7, 11) is 0. The third-order valence-corrected chi connectivity index (χ3v) is 4.99. The van der Waals surface area contributed by atoms with E-state index in [0.717, 1.165) is 5.56 Å². The molecule has 1 spiro atoms. The number of likely N-dealkylation sites (tertiary alicyclic amines) is 1. The topological polar surface area (TPSA) is 87.7 Å². The quantitative estimate of drug-likeness (QED) is 0.797. The van der Waals surface area contributed by atoms with Crippen molar-refractivity contribution >= 4 is 29.4 Å². The van der Waals surface area contributed by atoms with E-state index in [0.29, 0.717) is 36.7 Å². The molecule has 2 aliphatic rings. The normalized spacial score (nSPS) is 20.2. The van der Waals surface area contributed by atoms with Gasteiger partial charge in [0.2, 0.25) is 0 Å². The number of piperidine rings is 1. The molecule has 1 unspecified atom stereocenters. The lowest BCUT2D eigenvalue weighted by Crippen LogP contribution is -2.57. The number of nitrogens with one attached hydrogen (secondary N) is 2. The molecule has 1 aromatic carbocycles. The van der Waals surface area contributed by atoms with Crippen LogP contribution in [0, 0.1) is 6.92 Å². The van der Waals surface area contributed by atoms with Crippen LogP contribution >= 0.6 is 11.6 Å². The molecule has 1 atom stereocenters. The minimum Gasteiger partial charge on any atom is -0.479 e. The Hall–Kier alpha value is -2.28. The Balaban J connectivity index is 1.61. The summed E-state index contributed by atoms with van der Waals surface area (Å²) in [5, 5.41) is 5.38. The zero-order chi connectivity index (χ0) is 18.2. The van der Waals surface area contributed by atoms with Crippen molar-refractivity contribution in [2.45, 2.75) is 38.3 Å². The first-order valence-electron chi connectivity index (χ1n) is 8.16. The zero-order valence-electron chi connectivity index (χ0n) is 14.1. The molecule has 2 saturated heterocycles. The highest BCUT2D eigenvalue weighted by atomic mass is 35.5. The molecular formula is C17H20ClN3O4. The summed E-state index contributed by atoms with van der Waals surface area (Å²) >= 11 is 6.11. The van der Waals surface area contributed by atoms with Crippen molar-refractivity contribution in [1.29, 1.82) is 0 Å². The van der Waals surface area contributed by atoms with Crippen molar-refractivity contribution in [3.05, 3.63) is 28.8 Å². The molecule has 134 valence electrons. The SMILES string of the molecule is Cc1ccc(Cl)c(OC(C)C(=O)N2CCC3(CC2)NC(=O)NC3=O)c1. The van der Waals surface area contributed by atoms with Crippen molar-refractivity contribution in [2.75, 3.05) is 13.1 Å². The van der Waals surface area contributed by atoms with E-state index in [4.69, 9.17) is 16.3 Å². The average molecular weight is 366 g/mol. The number of rotatable bonds is 3. The first-order valence-corrected chi connectivity index (χ1v) is 8.54. The van der Waals surface area contributed by atoms with Gasteiger partial charge in [0.25, 0.3) is 11.8 Å². The summed E-state index contributed by atoms with van der Waals surface area (Å²) in [5.74, 6) is -0.0176. The van der Waals surface area contributed by atoms with Gasteiger partial charge >= 0.3 is 6.03 Å². The average Bonchev–Trinajstić information content (AvgIpc) is 2.84. The van der Waals surface area contributed by atoms with Crippen LogP contribution in [0.2, 0.25) is 5.02 Å². The number of aryl methyl sites for hydroxylation is 1. The lowest BCUT2D eigenvalue weighted by molar-refractivity contribution is -0.141. The van der Waals surface area contributed by atoms with E-state index in [2.05, 4.69) is 10.6 Å². The molecule has 3 rings (SSSR count). The molecule has 25 heavy (non-hydrogen) atoms. The van der Waals surface area contributed by atoms with Crippen LogP contribution in [0.1, 0.15) is 25.3 Å². The molecule has 0 aliphatic carbocycles. The molecule has 0 radical (unpaired) electrons. The first-order chi connectivity index (χ1) is 11.8. The van der Waals surface area contributed by atoms with E-state index in [9.17, 15) is 14.4 Å². The highest BCUT2D eigenvalue weighted by Crippen LogP contribution is 2.28. The largest absolute Gasteiger partial charge is 0.479 e. The number of hydrogen-bond acceptors (Lipinski definition) is 4. The van der Waals surface area contributed by atoms with E-state index in [1.54, 1.807) is 24.0 Å². The van der Waals surface area contributed by atoms with Crippen molar-refractivity contribution in [3.63, 3.8) is 0 Å². The van der Waals surface area contributed by atoms with Gasteiger partial charge in [-0.05, 0) is 44.4 Å². The third kappa shape index (κ3) is 3.42. The van der Waals surface area contributed by atoms with Gasteiger partial charge in [-0.2, -0.15) is 0 Å². The number of carbonyl (C=O) groups excluding carboxylic acids is 3. The summed E-state index contributed by atoms with van der Waals surface area (Å²) in [4.78, 5) is 37.6.